The highest BCUT2D eigenvalue weighted by Crippen LogP contribution is 2.27. The second-order valence-corrected chi connectivity index (χ2v) is 8.64. The minimum absolute atomic E-state index is 0.617. The van der Waals surface area contributed by atoms with Crippen LogP contribution in [0.5, 0.6) is 0 Å². The zero-order chi connectivity index (χ0) is 21.2. The minimum atomic E-state index is 0.617. The second-order valence-electron chi connectivity index (χ2n) is 8.64. The number of hydrogen-bond donors (Lipinski definition) is 1. The first-order valence-electron chi connectivity index (χ1n) is 11.1. The van der Waals surface area contributed by atoms with Crippen molar-refractivity contribution < 1.29 is 4.74 Å². The molecule has 0 amide bonds. The molecule has 4 heteroatoms. The molecule has 0 aliphatic carbocycles. The van der Waals surface area contributed by atoms with E-state index in [4.69, 9.17) is 9.72 Å². The molecule has 1 aliphatic rings. The quantitative estimate of drug-likeness (QED) is 0.450. The number of fused-ring (bicyclic) bond motifs is 1. The Morgan fingerprint density at radius 3 is 2.32 bits per heavy atom. The number of ether oxygens (including phenoxy) is 1. The van der Waals surface area contributed by atoms with Crippen LogP contribution < -0.4 is 0 Å². The highest BCUT2D eigenvalue weighted by molar-refractivity contribution is 5.84. The number of hydrogen-bond acceptors (Lipinski definition) is 3. The zero-order valence-electron chi connectivity index (χ0n) is 18.3. The van der Waals surface area contributed by atoms with Crippen molar-refractivity contribution in [2.45, 2.75) is 32.4 Å². The van der Waals surface area contributed by atoms with Crippen LogP contribution in [-0.4, -0.2) is 41.2 Å². The molecule has 0 atom stereocenters. The van der Waals surface area contributed by atoms with Gasteiger partial charge in [-0.15, -0.1) is 0 Å². The first-order chi connectivity index (χ1) is 15.2. The van der Waals surface area contributed by atoms with E-state index in [-0.39, 0.29) is 0 Å². The van der Waals surface area contributed by atoms with E-state index in [2.05, 4.69) is 90.6 Å². The van der Waals surface area contributed by atoms with Crippen molar-refractivity contribution in [2.75, 3.05) is 20.3 Å². The molecule has 0 spiro atoms. The van der Waals surface area contributed by atoms with E-state index in [0.717, 1.165) is 55.0 Å². The van der Waals surface area contributed by atoms with Crippen molar-refractivity contribution >= 4 is 11.0 Å². The number of aromatic amines is 1. The van der Waals surface area contributed by atoms with Gasteiger partial charge in [0, 0.05) is 31.4 Å². The van der Waals surface area contributed by atoms with Crippen molar-refractivity contribution in [1.29, 1.82) is 0 Å². The van der Waals surface area contributed by atoms with Crippen LogP contribution in [0.2, 0.25) is 0 Å². The molecule has 4 nitrogen and oxygen atoms in total. The maximum atomic E-state index is 5.49. The molecule has 5 rings (SSSR count). The lowest BCUT2D eigenvalue weighted by atomic mass is 10.0. The van der Waals surface area contributed by atoms with Gasteiger partial charge in [-0.2, -0.15) is 0 Å². The summed E-state index contributed by atoms with van der Waals surface area (Å²) >= 11 is 0. The van der Waals surface area contributed by atoms with Crippen LogP contribution in [0.3, 0.4) is 0 Å². The minimum Gasteiger partial charge on any atom is -0.381 e. The smallest absolute Gasteiger partial charge is 0.138 e. The van der Waals surface area contributed by atoms with E-state index in [9.17, 15) is 0 Å². The molecule has 1 N–H and O–H groups in total. The molecule has 158 valence electrons. The van der Waals surface area contributed by atoms with E-state index in [1.807, 2.05) is 0 Å². The summed E-state index contributed by atoms with van der Waals surface area (Å²) in [5, 5.41) is 0. The van der Waals surface area contributed by atoms with Gasteiger partial charge in [-0.3, -0.25) is 4.90 Å². The summed E-state index contributed by atoms with van der Waals surface area (Å²) in [5.74, 6) is 0.917. The maximum Gasteiger partial charge on any atom is 0.138 e. The van der Waals surface area contributed by atoms with Crippen molar-refractivity contribution in [3.8, 4) is 22.5 Å². The first-order valence-corrected chi connectivity index (χ1v) is 11.1. The van der Waals surface area contributed by atoms with Crippen LogP contribution in [0, 0.1) is 6.92 Å². The van der Waals surface area contributed by atoms with E-state index >= 15 is 0 Å². The van der Waals surface area contributed by atoms with Crippen molar-refractivity contribution in [3.05, 3.63) is 77.9 Å². The average Bonchev–Trinajstić information content (AvgIpc) is 3.24. The zero-order valence-corrected chi connectivity index (χ0v) is 18.3. The van der Waals surface area contributed by atoms with Crippen molar-refractivity contribution in [1.82, 2.24) is 14.9 Å². The number of rotatable bonds is 5. The molecule has 0 radical (unpaired) electrons. The van der Waals surface area contributed by atoms with Crippen LogP contribution in [0.25, 0.3) is 33.5 Å². The molecule has 3 aromatic carbocycles. The number of imidazole rings is 1. The Morgan fingerprint density at radius 2 is 1.58 bits per heavy atom. The van der Waals surface area contributed by atoms with Gasteiger partial charge in [-0.1, -0.05) is 60.2 Å². The Morgan fingerprint density at radius 1 is 0.903 bits per heavy atom. The Balaban J connectivity index is 1.33. The molecular formula is C27H29N3O. The summed E-state index contributed by atoms with van der Waals surface area (Å²) in [6, 6.07) is 24.5. The summed E-state index contributed by atoms with van der Waals surface area (Å²) in [7, 11) is 2.22. The number of benzene rings is 3. The molecule has 31 heavy (non-hydrogen) atoms. The predicted octanol–water partition coefficient (Wildman–Crippen LogP) is 5.82. The Labute approximate surface area is 183 Å². The summed E-state index contributed by atoms with van der Waals surface area (Å²) in [4.78, 5) is 10.8. The van der Waals surface area contributed by atoms with Gasteiger partial charge in [0.2, 0.25) is 0 Å². The van der Waals surface area contributed by atoms with Gasteiger partial charge >= 0.3 is 0 Å². The largest absolute Gasteiger partial charge is 0.381 e. The maximum absolute atomic E-state index is 5.49. The molecule has 1 aliphatic heterocycles. The Hall–Kier alpha value is -2.95. The van der Waals surface area contributed by atoms with E-state index in [1.54, 1.807) is 0 Å². The topological polar surface area (TPSA) is 41.2 Å². The van der Waals surface area contributed by atoms with Gasteiger partial charge in [0.15, 0.2) is 0 Å². The SMILES string of the molecule is Cc1ccc(-c2ccc3nc(-c4ccc(CN(C)C5CCOCC5)cc4)[nH]c3c2)cc1. The molecule has 0 unspecified atom stereocenters. The average molecular weight is 412 g/mol. The number of aromatic nitrogens is 2. The van der Waals surface area contributed by atoms with Crippen molar-refractivity contribution in [3.63, 3.8) is 0 Å². The standard InChI is InChI=1S/C27H29N3O/c1-19-3-7-21(8-4-19)23-11-12-25-26(17-23)29-27(28-25)22-9-5-20(6-10-22)18-30(2)24-13-15-31-16-14-24/h3-12,17,24H,13-16,18H2,1-2H3,(H,28,29). The molecule has 1 saturated heterocycles. The molecule has 1 fully saturated rings. The third-order valence-electron chi connectivity index (χ3n) is 6.34. The van der Waals surface area contributed by atoms with Gasteiger partial charge in [0.25, 0.3) is 0 Å². The molecular weight excluding hydrogens is 382 g/mol. The fourth-order valence-electron chi connectivity index (χ4n) is 4.38. The van der Waals surface area contributed by atoms with Crippen LogP contribution in [-0.2, 0) is 11.3 Å². The molecule has 4 aromatic rings. The molecule has 1 aromatic heterocycles. The van der Waals surface area contributed by atoms with E-state index in [0.29, 0.717) is 6.04 Å². The Bertz CT molecular complexity index is 1160. The highest BCUT2D eigenvalue weighted by Gasteiger charge is 2.18. The lowest BCUT2D eigenvalue weighted by molar-refractivity contribution is 0.0407. The van der Waals surface area contributed by atoms with E-state index < -0.39 is 0 Å². The Kier molecular flexibility index (Phi) is 5.58. The van der Waals surface area contributed by atoms with Gasteiger partial charge in [-0.25, -0.2) is 4.98 Å². The summed E-state index contributed by atoms with van der Waals surface area (Å²) < 4.78 is 5.49. The van der Waals surface area contributed by atoms with Crippen LogP contribution in [0.4, 0.5) is 0 Å². The number of H-pyrrole nitrogens is 1. The monoisotopic (exact) mass is 411 g/mol. The lowest BCUT2D eigenvalue weighted by Crippen LogP contribution is -2.36. The summed E-state index contributed by atoms with van der Waals surface area (Å²) in [6.45, 7) is 4.84. The van der Waals surface area contributed by atoms with Crippen LogP contribution >= 0.6 is 0 Å². The van der Waals surface area contributed by atoms with Gasteiger partial charge in [0.05, 0.1) is 11.0 Å². The first kappa shape index (κ1) is 20.0. The van der Waals surface area contributed by atoms with Gasteiger partial charge in [0.1, 0.15) is 5.82 Å². The number of nitrogens with one attached hydrogen (secondary N) is 1. The van der Waals surface area contributed by atoms with Crippen molar-refractivity contribution in [2.24, 2.45) is 0 Å². The molecule has 0 bridgehead atoms. The predicted molar refractivity (Wildman–Crippen MR) is 127 cm³/mol. The number of aryl methyl sites for hydroxylation is 1. The second kappa shape index (κ2) is 8.66. The van der Waals surface area contributed by atoms with Gasteiger partial charge < -0.3 is 9.72 Å². The third kappa shape index (κ3) is 4.41. The highest BCUT2D eigenvalue weighted by atomic mass is 16.5. The fraction of sp³-hybridized carbons (Fsp3) is 0.296. The fourth-order valence-corrected chi connectivity index (χ4v) is 4.38. The molecule has 0 saturated carbocycles. The van der Waals surface area contributed by atoms with Crippen LogP contribution in [0.15, 0.2) is 66.7 Å². The number of nitrogens with zero attached hydrogens (tertiary/aromatic N) is 2. The third-order valence-corrected chi connectivity index (χ3v) is 6.34. The normalized spacial score (nSPS) is 15.1. The van der Waals surface area contributed by atoms with E-state index in [1.165, 1.54) is 22.3 Å². The lowest BCUT2D eigenvalue weighted by Gasteiger charge is -2.31. The van der Waals surface area contributed by atoms with Crippen LogP contribution in [0.1, 0.15) is 24.0 Å². The van der Waals surface area contributed by atoms with Gasteiger partial charge in [-0.05, 0) is 55.6 Å². The molecule has 2 heterocycles. The summed E-state index contributed by atoms with van der Waals surface area (Å²) in [6.07, 6.45) is 2.25. The summed E-state index contributed by atoms with van der Waals surface area (Å²) in [5.41, 5.74) is 8.21.